The van der Waals surface area contributed by atoms with Crippen LogP contribution in [0.2, 0.25) is 0 Å². The minimum absolute atomic E-state index is 0. The van der Waals surface area contributed by atoms with Crippen LogP contribution in [0.25, 0.3) is 0 Å². The molecule has 11 heavy (non-hydrogen) atoms. The summed E-state index contributed by atoms with van der Waals surface area (Å²) >= 11 is 0. The third kappa shape index (κ3) is 4.19. The van der Waals surface area contributed by atoms with Crippen molar-refractivity contribution in [2.75, 3.05) is 0 Å². The fraction of sp³-hybridized carbons (Fsp3) is 0.111. The molecule has 0 bridgehead atoms. The van der Waals surface area contributed by atoms with Crippen LogP contribution in [-0.4, -0.2) is 0 Å². The highest BCUT2D eigenvalue weighted by Gasteiger charge is 1.90. The molecule has 1 rings (SSSR count). The van der Waals surface area contributed by atoms with E-state index in [0.717, 1.165) is 0 Å². The molecule has 0 aliphatic carbocycles. The standard InChI is InChI=1S/C9H11P.ClH/c1-2-10-8-9-6-4-3-5-7-9;/h2-7,10H,1,8H2;1H. The fourth-order valence-corrected chi connectivity index (χ4v) is 1.54. The Morgan fingerprint density at radius 3 is 2.45 bits per heavy atom. The van der Waals surface area contributed by atoms with Gasteiger partial charge in [-0.1, -0.05) is 36.9 Å². The van der Waals surface area contributed by atoms with Crippen molar-refractivity contribution in [2.45, 2.75) is 6.16 Å². The van der Waals surface area contributed by atoms with Gasteiger partial charge in [0.2, 0.25) is 0 Å². The average Bonchev–Trinajstić information content (AvgIpc) is 2.03. The van der Waals surface area contributed by atoms with Crippen LogP contribution in [0.3, 0.4) is 0 Å². The van der Waals surface area contributed by atoms with Crippen molar-refractivity contribution in [3.05, 3.63) is 48.3 Å². The molecule has 60 valence electrons. The first kappa shape index (κ1) is 10.7. The molecule has 0 aliphatic rings. The van der Waals surface area contributed by atoms with Crippen molar-refractivity contribution < 1.29 is 12.4 Å². The SMILES string of the molecule is C=C[PH2+]Cc1ccccc1.[Cl-]. The van der Waals surface area contributed by atoms with Gasteiger partial charge in [0, 0.05) is 14.4 Å². The molecule has 0 fully saturated rings. The lowest BCUT2D eigenvalue weighted by atomic mass is 10.2. The Morgan fingerprint density at radius 1 is 1.27 bits per heavy atom. The first-order chi connectivity index (χ1) is 4.93. The van der Waals surface area contributed by atoms with Crippen molar-refractivity contribution in [3.63, 3.8) is 0 Å². The Balaban J connectivity index is 0.000001000. The van der Waals surface area contributed by atoms with Gasteiger partial charge in [-0.15, -0.1) is 0 Å². The number of halogens is 1. The number of hydrogen-bond donors (Lipinski definition) is 0. The van der Waals surface area contributed by atoms with Crippen molar-refractivity contribution in [1.82, 2.24) is 0 Å². The Hall–Kier alpha value is -0.320. The highest BCUT2D eigenvalue weighted by atomic mass is 35.5. The second kappa shape index (κ2) is 6.39. The first-order valence-corrected chi connectivity index (χ1v) is 4.90. The third-order valence-electron chi connectivity index (χ3n) is 1.36. The molecule has 0 aliphatic heterocycles. The van der Waals surface area contributed by atoms with E-state index < -0.39 is 0 Å². The molecular weight excluding hydrogens is 175 g/mol. The average molecular weight is 187 g/mol. The van der Waals surface area contributed by atoms with E-state index >= 15 is 0 Å². The quantitative estimate of drug-likeness (QED) is 0.571. The van der Waals surface area contributed by atoms with Gasteiger partial charge in [-0.05, 0) is 5.56 Å². The van der Waals surface area contributed by atoms with Crippen LogP contribution in [0.4, 0.5) is 0 Å². The zero-order valence-corrected chi connectivity index (χ0v) is 8.24. The minimum Gasteiger partial charge on any atom is -1.00 e. The Labute approximate surface area is 75.9 Å². The molecule has 0 nitrogen and oxygen atoms in total. The maximum absolute atomic E-state index is 3.71. The fourth-order valence-electron chi connectivity index (χ4n) is 0.834. The summed E-state index contributed by atoms with van der Waals surface area (Å²) in [5.74, 6) is 2.03. The van der Waals surface area contributed by atoms with Gasteiger partial charge >= 0.3 is 0 Å². The summed E-state index contributed by atoms with van der Waals surface area (Å²) in [6, 6.07) is 10.5. The molecule has 2 heteroatoms. The van der Waals surface area contributed by atoms with Crippen LogP contribution in [0, 0.1) is 0 Å². The highest BCUT2D eigenvalue weighted by molar-refractivity contribution is 7.40. The van der Waals surface area contributed by atoms with Crippen molar-refractivity contribution in [3.8, 4) is 0 Å². The van der Waals surface area contributed by atoms with Gasteiger partial charge in [-0.2, -0.15) is 0 Å². The van der Waals surface area contributed by atoms with Crippen LogP contribution in [0.1, 0.15) is 5.56 Å². The number of benzene rings is 1. The van der Waals surface area contributed by atoms with Crippen LogP contribution < -0.4 is 12.4 Å². The summed E-state index contributed by atoms with van der Waals surface area (Å²) in [4.78, 5) is 0. The minimum atomic E-state index is 0. The van der Waals surface area contributed by atoms with Gasteiger partial charge in [0.05, 0.1) is 6.16 Å². The Kier molecular flexibility index (Phi) is 6.21. The van der Waals surface area contributed by atoms with E-state index in [1.165, 1.54) is 11.7 Å². The molecule has 0 N–H and O–H groups in total. The summed E-state index contributed by atoms with van der Waals surface area (Å²) in [6.07, 6.45) is 1.20. The van der Waals surface area contributed by atoms with E-state index in [9.17, 15) is 0 Å². The van der Waals surface area contributed by atoms with Crippen LogP contribution in [0.15, 0.2) is 42.7 Å². The molecule has 0 heterocycles. The van der Waals surface area contributed by atoms with E-state index in [0.29, 0.717) is 8.58 Å². The van der Waals surface area contributed by atoms with Gasteiger partial charge in [0.1, 0.15) is 0 Å². The van der Waals surface area contributed by atoms with Crippen molar-refractivity contribution in [1.29, 1.82) is 0 Å². The largest absolute Gasteiger partial charge is 1.00 e. The second-order valence-corrected chi connectivity index (χ2v) is 3.51. The Morgan fingerprint density at radius 2 is 1.91 bits per heavy atom. The van der Waals surface area contributed by atoms with Crippen molar-refractivity contribution >= 4 is 8.58 Å². The normalized spacial score (nSPS) is 9.45. The van der Waals surface area contributed by atoms with Gasteiger partial charge in [0.25, 0.3) is 0 Å². The lowest BCUT2D eigenvalue weighted by molar-refractivity contribution is -0.00000200. The summed E-state index contributed by atoms with van der Waals surface area (Å²) in [5, 5.41) is 0. The summed E-state index contributed by atoms with van der Waals surface area (Å²) in [7, 11) is 0.422. The van der Waals surface area contributed by atoms with Gasteiger partial charge in [0.15, 0.2) is 0 Å². The molecule has 1 aromatic rings. The number of hydrogen-bond acceptors (Lipinski definition) is 0. The third-order valence-corrected chi connectivity index (χ3v) is 2.40. The summed E-state index contributed by atoms with van der Waals surface area (Å²) in [6.45, 7) is 3.71. The van der Waals surface area contributed by atoms with Crippen LogP contribution in [-0.2, 0) is 6.16 Å². The predicted octanol–water partition coefficient (Wildman–Crippen LogP) is -0.255. The molecule has 0 saturated heterocycles. The maximum Gasteiger partial charge on any atom is 0.0838 e. The van der Waals surface area contributed by atoms with E-state index in [2.05, 4.69) is 30.8 Å². The first-order valence-electron chi connectivity index (χ1n) is 3.41. The van der Waals surface area contributed by atoms with Gasteiger partial charge in [-0.25, -0.2) is 0 Å². The maximum atomic E-state index is 3.71. The van der Waals surface area contributed by atoms with Gasteiger partial charge < -0.3 is 12.4 Å². The molecule has 1 aromatic carbocycles. The predicted molar refractivity (Wildman–Crippen MR) is 50.1 cm³/mol. The van der Waals surface area contributed by atoms with Gasteiger partial charge in [-0.3, -0.25) is 0 Å². The molecule has 0 radical (unpaired) electrons. The zero-order valence-electron chi connectivity index (χ0n) is 6.33. The second-order valence-electron chi connectivity index (χ2n) is 2.16. The number of rotatable bonds is 3. The summed E-state index contributed by atoms with van der Waals surface area (Å²) in [5.41, 5.74) is 1.43. The highest BCUT2D eigenvalue weighted by Crippen LogP contribution is 2.17. The molecule has 0 amide bonds. The Bertz CT molecular complexity index is 196. The summed E-state index contributed by atoms with van der Waals surface area (Å²) < 4.78 is 0. The topological polar surface area (TPSA) is 0 Å². The smallest absolute Gasteiger partial charge is 0.0838 e. The zero-order chi connectivity index (χ0) is 7.23. The lowest BCUT2D eigenvalue weighted by Crippen LogP contribution is -3.00. The van der Waals surface area contributed by atoms with E-state index in [1.54, 1.807) is 0 Å². The van der Waals surface area contributed by atoms with E-state index in [4.69, 9.17) is 0 Å². The molecule has 0 saturated carbocycles. The van der Waals surface area contributed by atoms with Crippen LogP contribution >= 0.6 is 8.58 Å². The monoisotopic (exact) mass is 186 g/mol. The molecule has 0 aromatic heterocycles. The molecule has 0 spiro atoms. The lowest BCUT2D eigenvalue weighted by Gasteiger charge is -1.90. The molecule has 1 unspecified atom stereocenters. The molecule has 1 atom stereocenters. The van der Waals surface area contributed by atoms with E-state index in [-0.39, 0.29) is 12.4 Å². The van der Waals surface area contributed by atoms with E-state index in [1.807, 2.05) is 11.9 Å². The van der Waals surface area contributed by atoms with Crippen LogP contribution in [0.5, 0.6) is 0 Å². The molecular formula is C9H12ClP. The van der Waals surface area contributed by atoms with Crippen molar-refractivity contribution in [2.24, 2.45) is 0 Å².